The van der Waals surface area contributed by atoms with Crippen LogP contribution in [0.15, 0.2) is 0 Å². The van der Waals surface area contributed by atoms with Crippen LogP contribution in [0, 0.1) is 38.4 Å². The van der Waals surface area contributed by atoms with Crippen LogP contribution in [0.25, 0.3) is 0 Å². The maximum atomic E-state index is 13.2. The molecule has 8 nitrogen and oxygen atoms in total. The number of aliphatic hydroxyl groups is 3. The number of rotatable bonds is 5. The molecule has 0 aromatic carbocycles. The molecule has 1 heterocycles. The molecule has 8 aliphatic carbocycles. The van der Waals surface area contributed by atoms with Gasteiger partial charge < -0.3 is 31.1 Å². The molecule has 0 aromatic heterocycles. The van der Waals surface area contributed by atoms with E-state index < -0.39 is 29.9 Å². The van der Waals surface area contributed by atoms with Crippen molar-refractivity contribution in [3.8, 4) is 0 Å². The van der Waals surface area contributed by atoms with E-state index in [2.05, 4.69) is 27.7 Å². The third kappa shape index (κ3) is 5.27. The molecular formula is C34H55ClN2O6. The molecular weight excluding hydrogens is 568 g/mol. The number of aliphatic carboxylic acids is 1. The summed E-state index contributed by atoms with van der Waals surface area (Å²) in [5, 5.41) is 39.5. The highest BCUT2D eigenvalue weighted by Crippen LogP contribution is 2.74. The summed E-state index contributed by atoms with van der Waals surface area (Å²) in [5.74, 6) is -1.17. The number of nitrogens with two attached hydrogens (primary N) is 1. The van der Waals surface area contributed by atoms with Crippen molar-refractivity contribution >= 4 is 23.5 Å². The maximum absolute atomic E-state index is 13.2. The van der Waals surface area contributed by atoms with Gasteiger partial charge in [-0.1, -0.05) is 34.6 Å². The molecule has 0 radical (unpaired) electrons. The summed E-state index contributed by atoms with van der Waals surface area (Å²) >= 11 is 7.03. The SMILES string of the molecule is CC12CC3(C)CC(Cl)(C1)CC([C@H](N)C(=O)N1CCC[C@H]1C(O)O)(C2)C3.C[C@H](C(=O)O)C12CC3(C)CC(C)(CC(O)(C3)C1)C2. The van der Waals surface area contributed by atoms with Gasteiger partial charge in [-0.3, -0.25) is 9.59 Å². The molecule has 43 heavy (non-hydrogen) atoms. The summed E-state index contributed by atoms with van der Waals surface area (Å²) in [6, 6.07) is -1.13. The molecule has 9 heteroatoms. The highest BCUT2D eigenvalue weighted by atomic mass is 35.5. The lowest BCUT2D eigenvalue weighted by atomic mass is 9.37. The minimum Gasteiger partial charge on any atom is -0.481 e. The predicted molar refractivity (Wildman–Crippen MR) is 164 cm³/mol. The first-order chi connectivity index (χ1) is 19.6. The zero-order valence-corrected chi connectivity index (χ0v) is 27.7. The average Bonchev–Trinajstić information content (AvgIpc) is 3.27. The van der Waals surface area contributed by atoms with Gasteiger partial charge in [0, 0.05) is 11.4 Å². The van der Waals surface area contributed by atoms with Crippen LogP contribution < -0.4 is 5.73 Å². The first-order valence-electron chi connectivity index (χ1n) is 16.7. The zero-order valence-electron chi connectivity index (χ0n) is 26.9. The number of hydrogen-bond acceptors (Lipinski definition) is 6. The van der Waals surface area contributed by atoms with Gasteiger partial charge in [0.1, 0.15) is 0 Å². The van der Waals surface area contributed by atoms with Crippen LogP contribution in [0.5, 0.6) is 0 Å². The number of hydrogen-bond donors (Lipinski definition) is 5. The molecule has 4 unspecified atom stereocenters. The van der Waals surface area contributed by atoms with Crippen molar-refractivity contribution in [1.82, 2.24) is 4.90 Å². The van der Waals surface area contributed by atoms with Crippen LogP contribution in [0.1, 0.15) is 125 Å². The van der Waals surface area contributed by atoms with Gasteiger partial charge in [-0.15, -0.1) is 11.6 Å². The number of aliphatic hydroxyl groups excluding tert-OH is 1. The smallest absolute Gasteiger partial charge is 0.306 e. The molecule has 0 aromatic rings. The van der Waals surface area contributed by atoms with Crippen molar-refractivity contribution in [2.24, 2.45) is 44.1 Å². The fourth-order valence-electron chi connectivity index (χ4n) is 14.2. The maximum Gasteiger partial charge on any atom is 0.306 e. The molecule has 6 N–H and O–H groups in total. The van der Waals surface area contributed by atoms with Crippen LogP contribution >= 0.6 is 11.6 Å². The molecule has 9 rings (SSSR count). The standard InChI is InChI=1S/C19H31ClN2O3.C15H24O3/c1-16-6-17(2)8-18(7-16,11-19(20,9-16)10-17)13(21)14(23)22-5-3-4-12(22)15(24)25;1-10(11(16)17)14-5-12(2)4-13(3,6-14)8-15(18,7-12)9-14/h12-13,15,24-25H,3-11,21H2,1-2H3;10,18H,4-9H2,1-3H3,(H,16,17)/t12-,13+,16?,17?,18?,19?;10-,12?,13?,14?,15?/m01/s1. The Morgan fingerprint density at radius 2 is 1.28 bits per heavy atom. The van der Waals surface area contributed by atoms with Crippen molar-refractivity contribution in [3.05, 3.63) is 0 Å². The topological polar surface area (TPSA) is 144 Å². The van der Waals surface area contributed by atoms with Gasteiger partial charge >= 0.3 is 5.97 Å². The number of nitrogens with zero attached hydrogens (tertiary/aromatic N) is 1. The number of carbonyl (C=O) groups is 2. The molecule has 9 fully saturated rings. The number of carboxylic acids is 1. The van der Waals surface area contributed by atoms with Gasteiger partial charge in [-0.05, 0) is 122 Å². The Morgan fingerprint density at radius 1 is 0.791 bits per heavy atom. The van der Waals surface area contributed by atoms with E-state index in [1.54, 1.807) is 4.90 Å². The Balaban J connectivity index is 0.000000162. The minimum atomic E-state index is -1.50. The number of alkyl halides is 1. The molecule has 0 spiro atoms. The monoisotopic (exact) mass is 622 g/mol. The van der Waals surface area contributed by atoms with Crippen molar-refractivity contribution in [3.63, 3.8) is 0 Å². The minimum absolute atomic E-state index is 0.120. The van der Waals surface area contributed by atoms with Crippen LogP contribution in [0.3, 0.4) is 0 Å². The van der Waals surface area contributed by atoms with E-state index in [4.69, 9.17) is 17.3 Å². The van der Waals surface area contributed by atoms with Crippen LogP contribution in [-0.2, 0) is 9.59 Å². The van der Waals surface area contributed by atoms with Gasteiger partial charge in [0.25, 0.3) is 0 Å². The van der Waals surface area contributed by atoms with Gasteiger partial charge in [-0.25, -0.2) is 0 Å². The first kappa shape index (κ1) is 32.0. The summed E-state index contributed by atoms with van der Waals surface area (Å²) in [6.07, 6.45) is 11.4. The average molecular weight is 623 g/mol. The normalized spacial score (nSPS) is 52.3. The summed E-state index contributed by atoms with van der Waals surface area (Å²) in [6.45, 7) is 11.5. The van der Waals surface area contributed by atoms with Crippen molar-refractivity contribution < 1.29 is 30.0 Å². The number of carbonyl (C=O) groups excluding carboxylic acids is 1. The van der Waals surface area contributed by atoms with Crippen molar-refractivity contribution in [2.45, 2.75) is 153 Å². The Labute approximate surface area is 262 Å². The third-order valence-corrected chi connectivity index (χ3v) is 13.7. The van der Waals surface area contributed by atoms with Crippen LogP contribution in [0.2, 0.25) is 0 Å². The molecule has 1 saturated heterocycles. The van der Waals surface area contributed by atoms with E-state index in [9.17, 15) is 30.0 Å². The Kier molecular flexibility index (Phi) is 7.12. The van der Waals surface area contributed by atoms with E-state index in [0.717, 1.165) is 70.6 Å². The highest BCUT2D eigenvalue weighted by molar-refractivity contribution is 6.24. The van der Waals surface area contributed by atoms with E-state index in [-0.39, 0.29) is 49.2 Å². The van der Waals surface area contributed by atoms with E-state index in [0.29, 0.717) is 19.4 Å². The molecule has 9 aliphatic rings. The predicted octanol–water partition coefficient (Wildman–Crippen LogP) is 4.79. The number of carboxylic acid groups (broad SMARTS) is 1. The summed E-state index contributed by atoms with van der Waals surface area (Å²) in [7, 11) is 0. The molecule has 244 valence electrons. The number of amides is 1. The fourth-order valence-corrected chi connectivity index (χ4v) is 15.1. The lowest BCUT2D eigenvalue weighted by Crippen LogP contribution is -2.68. The second-order valence-corrected chi connectivity index (χ2v) is 19.5. The number of halogens is 1. The first-order valence-corrected chi connectivity index (χ1v) is 17.0. The quantitative estimate of drug-likeness (QED) is 0.219. The Bertz CT molecular complexity index is 1080. The van der Waals surface area contributed by atoms with Gasteiger partial charge in [-0.2, -0.15) is 0 Å². The van der Waals surface area contributed by atoms with Gasteiger partial charge in [0.05, 0.1) is 23.6 Å². The fraction of sp³-hybridized carbons (Fsp3) is 0.941. The Hall–Kier alpha value is -0.930. The van der Waals surface area contributed by atoms with Gasteiger partial charge in [0.2, 0.25) is 5.91 Å². The molecule has 7 atom stereocenters. The van der Waals surface area contributed by atoms with Crippen LogP contribution in [-0.4, -0.2) is 72.6 Å². The summed E-state index contributed by atoms with van der Waals surface area (Å²) in [5.41, 5.74) is 6.17. The molecule has 8 saturated carbocycles. The van der Waals surface area contributed by atoms with Gasteiger partial charge in [0.15, 0.2) is 6.29 Å². The third-order valence-electron chi connectivity index (χ3n) is 13.3. The summed E-state index contributed by atoms with van der Waals surface area (Å²) in [4.78, 5) is 26.0. The molecule has 1 aliphatic heterocycles. The largest absolute Gasteiger partial charge is 0.481 e. The van der Waals surface area contributed by atoms with E-state index in [1.807, 2.05) is 6.92 Å². The number of likely N-dealkylation sites (tertiary alicyclic amines) is 1. The van der Waals surface area contributed by atoms with E-state index in [1.165, 1.54) is 6.42 Å². The lowest BCUT2D eigenvalue weighted by Gasteiger charge is -2.69. The highest BCUT2D eigenvalue weighted by Gasteiger charge is 2.68. The summed E-state index contributed by atoms with van der Waals surface area (Å²) < 4.78 is 0. The zero-order chi connectivity index (χ0) is 31.6. The van der Waals surface area contributed by atoms with Crippen molar-refractivity contribution in [1.29, 1.82) is 0 Å². The lowest BCUT2D eigenvalue weighted by molar-refractivity contribution is -0.238. The van der Waals surface area contributed by atoms with E-state index >= 15 is 0 Å². The van der Waals surface area contributed by atoms with Crippen LogP contribution in [0.4, 0.5) is 0 Å². The second-order valence-electron chi connectivity index (χ2n) is 18.7. The second kappa shape index (κ2) is 9.56. The van der Waals surface area contributed by atoms with Crippen molar-refractivity contribution in [2.75, 3.05) is 6.54 Å². The molecule has 1 amide bonds. The molecule has 8 bridgehead atoms. The Morgan fingerprint density at radius 3 is 1.72 bits per heavy atom.